The van der Waals surface area contributed by atoms with Gasteiger partial charge in [0.15, 0.2) is 0 Å². The zero-order valence-electron chi connectivity index (χ0n) is 72.8. The van der Waals surface area contributed by atoms with Crippen LogP contribution in [0.25, 0.3) is 33.1 Å². The molecule has 17 rings (SSSR count). The summed E-state index contributed by atoms with van der Waals surface area (Å²) in [5, 5.41) is 44.3. The minimum atomic E-state index is -0.203. The molecule has 0 radical (unpaired) electrons. The van der Waals surface area contributed by atoms with Crippen molar-refractivity contribution in [1.29, 1.82) is 0 Å². The number of carbonyl (C=O) groups excluding carboxylic acids is 3. The molecule has 7 aromatic heterocycles. The lowest BCUT2D eigenvalue weighted by molar-refractivity contribution is 0.0705. The summed E-state index contributed by atoms with van der Waals surface area (Å²) in [7, 11) is 7.20. The minimum absolute atomic E-state index is 0.000842. The van der Waals surface area contributed by atoms with Crippen LogP contribution in [0, 0.1) is 13.8 Å². The van der Waals surface area contributed by atoms with E-state index in [1.54, 1.807) is 32.4 Å². The van der Waals surface area contributed by atoms with Gasteiger partial charge < -0.3 is 74.0 Å². The number of nitrogens with one attached hydrogen (secondary N) is 3. The Morgan fingerprint density at radius 1 is 0.455 bits per heavy atom. The van der Waals surface area contributed by atoms with Crippen molar-refractivity contribution in [2.75, 3.05) is 88.4 Å². The average Bonchev–Trinajstić information content (AvgIpc) is 1.62. The fourth-order valence-corrected chi connectivity index (χ4v) is 20.0. The van der Waals surface area contributed by atoms with E-state index in [1.165, 1.54) is 27.8 Å². The van der Waals surface area contributed by atoms with Crippen LogP contribution in [0.5, 0.6) is 11.5 Å². The molecule has 3 saturated heterocycles. The molecule has 7 aliphatic rings. The Balaban J connectivity index is 0.000000141. The van der Waals surface area contributed by atoms with Crippen molar-refractivity contribution in [1.82, 2.24) is 63.3 Å². The van der Waals surface area contributed by atoms with Gasteiger partial charge in [-0.05, 0) is 263 Å². The Kier molecular flexibility index (Phi) is 27.5. The Morgan fingerprint density at radius 2 is 0.826 bits per heavy atom. The van der Waals surface area contributed by atoms with E-state index in [0.717, 1.165) is 242 Å². The third-order valence-electron chi connectivity index (χ3n) is 26.8. The molecular weight excluding hydrogens is 1520 g/mol. The van der Waals surface area contributed by atoms with E-state index in [0.29, 0.717) is 96.0 Å². The van der Waals surface area contributed by atoms with Crippen molar-refractivity contribution >= 4 is 74.4 Å². The molecule has 25 heteroatoms. The standard InChI is InChI=1S/C34H40N6O2.C31H44N6O2.C31H43N5O4/c1-21-17-25(18-22(2)36-21)33(42)39-15-13-24(14-16-39)30-20-40(26-8-10-27(41)11-9-26)32-29(30)19-35-34(38-32)37-31-12-7-23-5-3-4-6-28(23)31;1-5-6-21(2)33-31-32-19-27-28(20-37(29(27)34-31)25-11-13-26(38)14-12-25)22-15-17-36(18-16-22)30(39)23-7-9-24(10-8-23)35(3)4;1-5-6-20(2)33-31-32-18-27-28(19-36(29(27)34-31)23-7-9-24(37)10-8-23)21-11-13-35(14-12-21)30(38)22-15-25(39-3)17-26(16-22)40-4/h3-6,17-20,24,26-27,31,41H,7-16H2,1-2H3,(H,35,37,38);7-10,19-22,25-26,38H,5-6,11-18H2,1-4H3,(H,32,33,34);15-21,23-24,37H,5-14H2,1-4H3,(H,32,33,34)/t26?,27?,31-;21-,25?,26?;20-,23?,24?/m000/s1. The lowest BCUT2D eigenvalue weighted by Gasteiger charge is -2.32. The maximum atomic E-state index is 13.4. The first-order chi connectivity index (χ1) is 58.7. The summed E-state index contributed by atoms with van der Waals surface area (Å²) in [6.45, 7) is 16.9. The molecular formula is C96H127N17O8. The van der Waals surface area contributed by atoms with Crippen LogP contribution in [0.3, 0.4) is 0 Å². The zero-order valence-corrected chi connectivity index (χ0v) is 72.8. The molecule has 10 heterocycles. The Hall–Kier alpha value is -10.2. The number of hydrogen-bond donors (Lipinski definition) is 6. The van der Waals surface area contributed by atoms with Crippen molar-refractivity contribution in [3.05, 3.63) is 172 Å². The highest BCUT2D eigenvalue weighted by Gasteiger charge is 2.36. The van der Waals surface area contributed by atoms with E-state index in [-0.39, 0.29) is 42.1 Å². The summed E-state index contributed by atoms with van der Waals surface area (Å²) in [5.74, 6) is 4.49. The number of aliphatic hydroxyl groups is 3. The highest BCUT2D eigenvalue weighted by Crippen LogP contribution is 2.44. The van der Waals surface area contributed by atoms with E-state index in [2.05, 4.69) is 105 Å². The Bertz CT molecular complexity index is 5150. The van der Waals surface area contributed by atoms with E-state index in [1.807, 2.05) is 103 Å². The van der Waals surface area contributed by atoms with Gasteiger partial charge in [-0.25, -0.2) is 15.0 Å². The Morgan fingerprint density at radius 3 is 1.21 bits per heavy atom. The lowest BCUT2D eigenvalue weighted by Crippen LogP contribution is -2.38. The number of amides is 3. The predicted octanol–water partition coefficient (Wildman–Crippen LogP) is 17.2. The van der Waals surface area contributed by atoms with Crippen molar-refractivity contribution in [3.8, 4) is 11.5 Å². The summed E-state index contributed by atoms with van der Waals surface area (Å²) < 4.78 is 17.8. The van der Waals surface area contributed by atoms with Crippen molar-refractivity contribution in [2.45, 2.75) is 268 Å². The minimum Gasteiger partial charge on any atom is -0.497 e. The third kappa shape index (κ3) is 19.9. The van der Waals surface area contributed by atoms with E-state index in [9.17, 15) is 29.7 Å². The van der Waals surface area contributed by atoms with E-state index < -0.39 is 0 Å². The van der Waals surface area contributed by atoms with Gasteiger partial charge in [-0.15, -0.1) is 0 Å². The quantitative estimate of drug-likeness (QED) is 0.0368. The molecule has 121 heavy (non-hydrogen) atoms. The first kappa shape index (κ1) is 85.7. The van der Waals surface area contributed by atoms with Gasteiger partial charge in [0, 0.05) is 177 Å². The summed E-state index contributed by atoms with van der Waals surface area (Å²) in [4.78, 5) is 81.7. The first-order valence-electron chi connectivity index (χ1n) is 45.0. The second-order valence-electron chi connectivity index (χ2n) is 35.6. The van der Waals surface area contributed by atoms with Gasteiger partial charge in [-0.2, -0.15) is 15.0 Å². The van der Waals surface area contributed by atoms with Crippen molar-refractivity contribution in [2.24, 2.45) is 0 Å². The molecule has 644 valence electrons. The number of anilines is 4. The number of benzene rings is 3. The molecule has 0 unspecified atom stereocenters. The number of nitrogens with zero attached hydrogens (tertiary/aromatic N) is 14. The number of fused-ring (bicyclic) bond motifs is 4. The number of rotatable bonds is 22. The third-order valence-corrected chi connectivity index (χ3v) is 26.8. The maximum absolute atomic E-state index is 13.4. The SMILES string of the molecule is CCC[C@H](C)Nc1ncc2c(C3CCN(C(=O)c4cc(OC)cc(OC)c4)CC3)cn(C3CCC(O)CC3)c2n1.CCC[C@H](C)Nc1ncc2c(C3CCN(C(=O)c4ccc(N(C)C)cc4)CC3)cn(C3CCC(O)CC3)c2n1.Cc1cc(C(=O)N2CCC(c3cn(C4CCC(O)CC4)c4nc(N[C@H]5CCc6ccccc65)ncc34)CC2)cc(C)n1. The maximum Gasteiger partial charge on any atom is 0.254 e. The number of ether oxygens (including phenoxy) is 2. The molecule has 0 bridgehead atoms. The number of carbonyl (C=O) groups is 3. The fourth-order valence-electron chi connectivity index (χ4n) is 20.0. The molecule has 3 atom stereocenters. The number of hydrogen-bond acceptors (Lipinski definition) is 19. The van der Waals surface area contributed by atoms with Gasteiger partial charge in [0.25, 0.3) is 17.7 Å². The predicted molar refractivity (Wildman–Crippen MR) is 478 cm³/mol. The number of aryl methyl sites for hydroxylation is 3. The highest BCUT2D eigenvalue weighted by molar-refractivity contribution is 5.96. The normalized spacial score (nSPS) is 21.7. The largest absolute Gasteiger partial charge is 0.497 e. The van der Waals surface area contributed by atoms with Crippen molar-refractivity contribution in [3.63, 3.8) is 0 Å². The van der Waals surface area contributed by atoms with Crippen LogP contribution in [0.2, 0.25) is 0 Å². The molecule has 4 aliphatic carbocycles. The molecule has 3 saturated carbocycles. The van der Waals surface area contributed by atoms with E-state index in [4.69, 9.17) is 39.4 Å². The van der Waals surface area contributed by atoms with Gasteiger partial charge in [-0.3, -0.25) is 19.4 Å². The van der Waals surface area contributed by atoms with Crippen LogP contribution in [-0.4, -0.2) is 194 Å². The van der Waals surface area contributed by atoms with Crippen LogP contribution in [0.4, 0.5) is 23.5 Å². The summed E-state index contributed by atoms with van der Waals surface area (Å²) in [6, 6.07) is 27.5. The van der Waals surface area contributed by atoms with Crippen LogP contribution in [-0.2, 0) is 6.42 Å². The molecule has 6 fully saturated rings. The molecule has 0 spiro atoms. The van der Waals surface area contributed by atoms with Crippen molar-refractivity contribution < 1.29 is 39.2 Å². The van der Waals surface area contributed by atoms with Gasteiger partial charge in [0.2, 0.25) is 17.8 Å². The number of aromatic nitrogens is 10. The summed E-state index contributed by atoms with van der Waals surface area (Å²) >= 11 is 0. The number of pyridine rings is 1. The smallest absolute Gasteiger partial charge is 0.254 e. The zero-order chi connectivity index (χ0) is 84.5. The number of methoxy groups -OCH3 is 2. The number of likely N-dealkylation sites (tertiary alicyclic amines) is 3. The average molecular weight is 1650 g/mol. The fraction of sp³-hybridized carbons (Fsp3) is 0.542. The van der Waals surface area contributed by atoms with Crippen LogP contribution < -0.4 is 30.3 Å². The van der Waals surface area contributed by atoms with Gasteiger partial charge >= 0.3 is 0 Å². The number of aliphatic hydroxyl groups excluding tert-OH is 3. The van der Waals surface area contributed by atoms with Gasteiger partial charge in [-0.1, -0.05) is 51.0 Å². The van der Waals surface area contributed by atoms with Gasteiger partial charge in [0.05, 0.1) is 38.6 Å². The van der Waals surface area contributed by atoms with Crippen LogP contribution in [0.1, 0.15) is 288 Å². The Labute approximate surface area is 712 Å². The van der Waals surface area contributed by atoms with E-state index >= 15 is 0 Å². The molecule has 6 N–H and O–H groups in total. The molecule has 3 amide bonds. The molecule has 3 aliphatic heterocycles. The van der Waals surface area contributed by atoms with Gasteiger partial charge in [0.1, 0.15) is 28.4 Å². The summed E-state index contributed by atoms with van der Waals surface area (Å²) in [5.41, 5.74) is 14.5. The lowest BCUT2D eigenvalue weighted by atomic mass is 9.89. The first-order valence-corrected chi connectivity index (χ1v) is 45.0. The molecule has 25 nitrogen and oxygen atoms in total. The van der Waals surface area contributed by atoms with Crippen LogP contribution >= 0.6 is 0 Å². The topological polar surface area (TPSA) is 284 Å². The second-order valence-corrected chi connectivity index (χ2v) is 35.6. The molecule has 10 aromatic rings. The summed E-state index contributed by atoms with van der Waals surface area (Å²) in [6.07, 6.45) is 34.9. The monoisotopic (exact) mass is 1650 g/mol. The highest BCUT2D eigenvalue weighted by atomic mass is 16.5. The molecule has 3 aromatic carbocycles. The second kappa shape index (κ2) is 38.9. The number of piperidine rings is 3. The van der Waals surface area contributed by atoms with Crippen LogP contribution in [0.15, 0.2) is 116 Å².